The molecule has 32 heavy (non-hydrogen) atoms. The van der Waals surface area contributed by atoms with E-state index in [-0.39, 0.29) is 5.91 Å². The van der Waals surface area contributed by atoms with E-state index in [9.17, 15) is 13.2 Å². The lowest BCUT2D eigenvalue weighted by atomic mass is 9.92. The van der Waals surface area contributed by atoms with Crippen LogP contribution < -0.4 is 5.32 Å². The monoisotopic (exact) mass is 454 g/mol. The van der Waals surface area contributed by atoms with Crippen LogP contribution in [0.5, 0.6) is 0 Å². The summed E-state index contributed by atoms with van der Waals surface area (Å²) in [5.41, 5.74) is 2.25. The molecule has 4 rings (SSSR count). The second-order valence-corrected chi connectivity index (χ2v) is 10.4. The molecule has 1 aliphatic rings. The summed E-state index contributed by atoms with van der Waals surface area (Å²) < 4.78 is 27.5. The molecule has 1 fully saturated rings. The lowest BCUT2D eigenvalue weighted by Gasteiger charge is -2.31. The fourth-order valence-electron chi connectivity index (χ4n) is 4.37. The molecule has 0 radical (unpaired) electrons. The van der Waals surface area contributed by atoms with E-state index in [2.05, 4.69) is 15.3 Å². The second-order valence-electron chi connectivity index (χ2n) is 8.51. The van der Waals surface area contributed by atoms with Crippen LogP contribution in [0.25, 0.3) is 10.9 Å². The van der Waals surface area contributed by atoms with E-state index in [0.717, 1.165) is 48.6 Å². The first-order valence-corrected chi connectivity index (χ1v) is 12.7. The molecule has 0 unspecified atom stereocenters. The summed E-state index contributed by atoms with van der Waals surface area (Å²) in [6.07, 6.45) is 8.21. The first-order chi connectivity index (χ1) is 15.4. The summed E-state index contributed by atoms with van der Waals surface area (Å²) in [4.78, 5) is 19.9. The highest BCUT2D eigenvalue weighted by Crippen LogP contribution is 2.28. The number of amides is 1. The van der Waals surface area contributed by atoms with Gasteiger partial charge in [0, 0.05) is 42.9 Å². The van der Waals surface area contributed by atoms with Crippen molar-refractivity contribution in [3.63, 3.8) is 0 Å². The van der Waals surface area contributed by atoms with Crippen LogP contribution >= 0.6 is 0 Å². The van der Waals surface area contributed by atoms with Gasteiger partial charge in [-0.15, -0.1) is 0 Å². The van der Waals surface area contributed by atoms with Gasteiger partial charge in [0.1, 0.15) is 5.69 Å². The molecule has 2 aromatic heterocycles. The Bertz CT molecular complexity index is 1150. The predicted octanol–water partition coefficient (Wildman–Crippen LogP) is 3.87. The first-order valence-electron chi connectivity index (χ1n) is 11.2. The van der Waals surface area contributed by atoms with Gasteiger partial charge in [-0.1, -0.05) is 31.0 Å². The number of benzene rings is 1. The van der Waals surface area contributed by atoms with E-state index in [1.807, 2.05) is 31.2 Å². The SMILES string of the molecule is Cc1ccccc1S(=O)(=O)N1CCC(CCCCNC(=O)c2cc3cnccc3[nH]2)CC1. The van der Waals surface area contributed by atoms with Crippen LogP contribution in [-0.4, -0.2) is 48.2 Å². The van der Waals surface area contributed by atoms with Crippen molar-refractivity contribution in [1.29, 1.82) is 0 Å². The molecule has 0 saturated carbocycles. The highest BCUT2D eigenvalue weighted by atomic mass is 32.2. The maximum Gasteiger partial charge on any atom is 0.267 e. The van der Waals surface area contributed by atoms with E-state index < -0.39 is 10.0 Å². The number of piperidine rings is 1. The number of carbonyl (C=O) groups excluding carboxylic acids is 1. The maximum atomic E-state index is 12.9. The van der Waals surface area contributed by atoms with E-state index in [4.69, 9.17) is 0 Å². The minimum absolute atomic E-state index is 0.101. The Kier molecular flexibility index (Phi) is 6.91. The molecule has 0 bridgehead atoms. The van der Waals surface area contributed by atoms with Gasteiger partial charge in [0.25, 0.3) is 5.91 Å². The number of pyridine rings is 1. The summed E-state index contributed by atoms with van der Waals surface area (Å²) >= 11 is 0. The number of aromatic amines is 1. The molecule has 1 amide bonds. The van der Waals surface area contributed by atoms with Crippen molar-refractivity contribution in [2.45, 2.75) is 43.9 Å². The zero-order valence-electron chi connectivity index (χ0n) is 18.4. The van der Waals surface area contributed by atoms with Crippen LogP contribution in [0.15, 0.2) is 53.7 Å². The number of H-pyrrole nitrogens is 1. The van der Waals surface area contributed by atoms with Gasteiger partial charge >= 0.3 is 0 Å². The smallest absolute Gasteiger partial charge is 0.267 e. The fourth-order valence-corrected chi connectivity index (χ4v) is 6.07. The summed E-state index contributed by atoms with van der Waals surface area (Å²) in [7, 11) is -3.41. The van der Waals surface area contributed by atoms with Crippen molar-refractivity contribution >= 4 is 26.8 Å². The van der Waals surface area contributed by atoms with Crippen molar-refractivity contribution in [2.75, 3.05) is 19.6 Å². The Hall–Kier alpha value is -2.71. The highest BCUT2D eigenvalue weighted by molar-refractivity contribution is 7.89. The van der Waals surface area contributed by atoms with Gasteiger partial charge < -0.3 is 10.3 Å². The number of sulfonamides is 1. The number of nitrogens with zero attached hydrogens (tertiary/aromatic N) is 2. The average Bonchev–Trinajstić information content (AvgIpc) is 3.24. The van der Waals surface area contributed by atoms with E-state index in [1.54, 1.807) is 28.8 Å². The topological polar surface area (TPSA) is 95.2 Å². The zero-order chi connectivity index (χ0) is 22.6. The van der Waals surface area contributed by atoms with E-state index in [1.165, 1.54) is 0 Å². The standard InChI is InChI=1S/C24H30N4O3S/c1-18-6-2-3-8-23(18)32(30,31)28-14-10-19(11-15-28)7-4-5-12-26-24(29)22-16-20-17-25-13-9-21(20)27-22/h2-3,6,8-9,13,16-17,19,27H,4-5,7,10-12,14-15H2,1H3,(H,26,29). The number of carbonyl (C=O) groups is 1. The largest absolute Gasteiger partial charge is 0.351 e. The molecule has 2 N–H and O–H groups in total. The summed E-state index contributed by atoms with van der Waals surface area (Å²) in [6.45, 7) is 3.63. The number of hydrogen-bond donors (Lipinski definition) is 2. The van der Waals surface area contributed by atoms with Crippen LogP contribution in [0, 0.1) is 12.8 Å². The lowest BCUT2D eigenvalue weighted by Crippen LogP contribution is -2.38. The summed E-state index contributed by atoms with van der Waals surface area (Å²) in [5.74, 6) is 0.436. The van der Waals surface area contributed by atoms with Crippen molar-refractivity contribution < 1.29 is 13.2 Å². The molecular formula is C24H30N4O3S. The Morgan fingerprint density at radius 3 is 2.72 bits per heavy atom. The van der Waals surface area contributed by atoms with Crippen molar-refractivity contribution in [3.05, 3.63) is 60.0 Å². The van der Waals surface area contributed by atoms with Gasteiger partial charge in [-0.25, -0.2) is 8.42 Å². The Balaban J connectivity index is 1.17. The third kappa shape index (κ3) is 5.02. The quantitative estimate of drug-likeness (QED) is 0.505. The molecule has 1 aliphatic heterocycles. The first kappa shape index (κ1) is 22.5. The molecule has 0 atom stereocenters. The second kappa shape index (κ2) is 9.83. The van der Waals surface area contributed by atoms with Crippen LogP contribution in [0.1, 0.15) is 48.2 Å². The Morgan fingerprint density at radius 2 is 1.97 bits per heavy atom. The van der Waals surface area contributed by atoms with Gasteiger partial charge in [0.05, 0.1) is 4.90 Å². The number of aromatic nitrogens is 2. The molecule has 3 aromatic rings. The van der Waals surface area contributed by atoms with Gasteiger partial charge in [-0.2, -0.15) is 4.31 Å². The highest BCUT2D eigenvalue weighted by Gasteiger charge is 2.29. The average molecular weight is 455 g/mol. The zero-order valence-corrected chi connectivity index (χ0v) is 19.2. The number of unbranched alkanes of at least 4 members (excludes halogenated alkanes) is 1. The van der Waals surface area contributed by atoms with Gasteiger partial charge in [-0.3, -0.25) is 9.78 Å². The van der Waals surface area contributed by atoms with Gasteiger partial charge in [-0.05, 0) is 55.9 Å². The number of nitrogens with one attached hydrogen (secondary N) is 2. The molecule has 170 valence electrons. The Morgan fingerprint density at radius 1 is 1.19 bits per heavy atom. The minimum atomic E-state index is -3.41. The summed E-state index contributed by atoms with van der Waals surface area (Å²) in [5, 5.41) is 3.89. The number of fused-ring (bicyclic) bond motifs is 1. The summed E-state index contributed by atoms with van der Waals surface area (Å²) in [6, 6.07) is 10.8. The predicted molar refractivity (Wildman–Crippen MR) is 125 cm³/mol. The van der Waals surface area contributed by atoms with Crippen LogP contribution in [0.3, 0.4) is 0 Å². The Labute approximate surface area is 189 Å². The molecule has 7 nitrogen and oxygen atoms in total. The van der Waals surface area contributed by atoms with Crippen LogP contribution in [-0.2, 0) is 10.0 Å². The van der Waals surface area contributed by atoms with Crippen LogP contribution in [0.4, 0.5) is 0 Å². The normalized spacial score (nSPS) is 15.8. The van der Waals surface area contributed by atoms with E-state index >= 15 is 0 Å². The number of aryl methyl sites for hydroxylation is 1. The number of hydrogen-bond acceptors (Lipinski definition) is 4. The molecule has 3 heterocycles. The van der Waals surface area contributed by atoms with E-state index in [0.29, 0.717) is 36.1 Å². The minimum Gasteiger partial charge on any atom is -0.351 e. The molecule has 0 spiro atoms. The molecule has 0 aliphatic carbocycles. The number of rotatable bonds is 8. The third-order valence-electron chi connectivity index (χ3n) is 6.28. The van der Waals surface area contributed by atoms with Crippen LogP contribution in [0.2, 0.25) is 0 Å². The maximum absolute atomic E-state index is 12.9. The molecule has 1 aromatic carbocycles. The lowest BCUT2D eigenvalue weighted by molar-refractivity contribution is 0.0948. The molecule has 1 saturated heterocycles. The van der Waals surface area contributed by atoms with Crippen molar-refractivity contribution in [1.82, 2.24) is 19.6 Å². The van der Waals surface area contributed by atoms with Gasteiger partial charge in [0.2, 0.25) is 10.0 Å². The van der Waals surface area contributed by atoms with Gasteiger partial charge in [0.15, 0.2) is 0 Å². The third-order valence-corrected chi connectivity index (χ3v) is 8.33. The molecule has 8 heteroatoms. The van der Waals surface area contributed by atoms with Crippen molar-refractivity contribution in [2.24, 2.45) is 5.92 Å². The van der Waals surface area contributed by atoms with Crippen molar-refractivity contribution in [3.8, 4) is 0 Å². The molecular weight excluding hydrogens is 424 g/mol. The fraction of sp³-hybridized carbons (Fsp3) is 0.417.